The molecule has 7 heteroatoms. The topological polar surface area (TPSA) is 98.7 Å². The summed E-state index contributed by atoms with van der Waals surface area (Å²) in [5.74, 6) is -0.699. The Morgan fingerprint density at radius 3 is 2.23 bits per heavy atom. The van der Waals surface area contributed by atoms with Crippen LogP contribution in [0, 0.1) is 0 Å². The second-order valence-corrected chi connectivity index (χ2v) is 7.42. The molecule has 0 aliphatic carbocycles. The third-order valence-electron chi connectivity index (χ3n) is 3.87. The fourth-order valence-electron chi connectivity index (χ4n) is 2.64. The maximum Gasteiger partial charge on any atom is 0.405 e. The third-order valence-corrected chi connectivity index (χ3v) is 5.57. The van der Waals surface area contributed by atoms with Crippen molar-refractivity contribution in [3.63, 3.8) is 0 Å². The average molecular weight is 375 g/mol. The summed E-state index contributed by atoms with van der Waals surface area (Å²) in [6, 6.07) is 17.3. The Bertz CT molecular complexity index is 710. The minimum atomic E-state index is -1.42. The molecule has 0 heterocycles. The summed E-state index contributed by atoms with van der Waals surface area (Å²) in [6.07, 6.45) is -0.823. The van der Waals surface area contributed by atoms with Crippen molar-refractivity contribution in [2.45, 2.75) is 29.0 Å². The Morgan fingerprint density at radius 1 is 1.12 bits per heavy atom. The van der Waals surface area contributed by atoms with Crippen LogP contribution in [-0.2, 0) is 27.1 Å². The van der Waals surface area contributed by atoms with Gasteiger partial charge in [0.05, 0.1) is 7.11 Å². The Labute approximate surface area is 155 Å². The number of carbonyl (C=O) groups is 2. The molecular weight excluding hydrogens is 354 g/mol. The number of carboxylic acid groups (broad SMARTS) is 1. The molecule has 0 aromatic heterocycles. The first-order chi connectivity index (χ1) is 12.5. The molecule has 138 valence electrons. The van der Waals surface area contributed by atoms with E-state index in [9.17, 15) is 14.1 Å². The van der Waals surface area contributed by atoms with E-state index in [1.807, 2.05) is 36.4 Å². The number of carbonyl (C=O) groups excluding carboxylic acids is 1. The number of hydrogen-bond acceptors (Lipinski definition) is 4. The van der Waals surface area contributed by atoms with Crippen molar-refractivity contribution in [3.8, 4) is 0 Å². The molecule has 0 saturated carbocycles. The molecule has 0 aliphatic heterocycles. The highest BCUT2D eigenvalue weighted by Gasteiger charge is 2.33. The summed E-state index contributed by atoms with van der Waals surface area (Å²) in [7, 11) is 1.19. The van der Waals surface area contributed by atoms with Gasteiger partial charge in [-0.1, -0.05) is 48.5 Å². The predicted octanol–water partition coefficient (Wildman–Crippen LogP) is 2.60. The van der Waals surface area contributed by atoms with Gasteiger partial charge in [0.15, 0.2) is 4.90 Å². The highest BCUT2D eigenvalue weighted by Crippen LogP contribution is 2.23. The van der Waals surface area contributed by atoms with Crippen LogP contribution in [0.25, 0.3) is 0 Å². The second kappa shape index (κ2) is 9.84. The average Bonchev–Trinajstić information content (AvgIpc) is 2.66. The van der Waals surface area contributed by atoms with Crippen molar-refractivity contribution in [2.24, 2.45) is 0 Å². The zero-order chi connectivity index (χ0) is 18.9. The van der Waals surface area contributed by atoms with Gasteiger partial charge in [0.25, 0.3) is 0 Å². The van der Waals surface area contributed by atoms with Crippen LogP contribution in [0.2, 0.25) is 0 Å². The van der Waals surface area contributed by atoms with Gasteiger partial charge in [-0.2, -0.15) is 0 Å². The Morgan fingerprint density at radius 2 is 1.69 bits per heavy atom. The van der Waals surface area contributed by atoms with Crippen LogP contribution in [0.15, 0.2) is 65.6 Å². The van der Waals surface area contributed by atoms with Crippen LogP contribution in [0.1, 0.15) is 12.0 Å². The number of nitrogens with one attached hydrogen (secondary N) is 1. The number of amides is 1. The lowest BCUT2D eigenvalue weighted by atomic mass is 10.0. The Hall–Kier alpha value is -2.51. The highest BCUT2D eigenvalue weighted by molar-refractivity contribution is 7.92. The zero-order valence-corrected chi connectivity index (χ0v) is 15.1. The van der Waals surface area contributed by atoms with Gasteiger partial charge in [0.2, 0.25) is 0 Å². The molecule has 0 bridgehead atoms. The van der Waals surface area contributed by atoms with E-state index in [0.29, 0.717) is 11.3 Å². The smallest absolute Gasteiger partial charge is 0.405 e. The van der Waals surface area contributed by atoms with Crippen molar-refractivity contribution in [1.82, 2.24) is 5.32 Å². The van der Waals surface area contributed by atoms with Crippen LogP contribution < -0.4 is 5.32 Å². The predicted molar refractivity (Wildman–Crippen MR) is 98.4 cm³/mol. The van der Waals surface area contributed by atoms with Gasteiger partial charge in [-0.15, -0.1) is 0 Å². The molecule has 26 heavy (non-hydrogen) atoms. The van der Waals surface area contributed by atoms with Crippen molar-refractivity contribution < 1.29 is 24.0 Å². The lowest BCUT2D eigenvalue weighted by molar-refractivity contribution is -0.143. The van der Waals surface area contributed by atoms with Gasteiger partial charge < -0.3 is 19.7 Å². The maximum absolute atomic E-state index is 13.1. The molecule has 2 N–H and O–H groups in total. The van der Waals surface area contributed by atoms with Crippen molar-refractivity contribution in [3.05, 3.63) is 66.2 Å². The first kappa shape index (κ1) is 19.8. The van der Waals surface area contributed by atoms with Crippen LogP contribution in [-0.4, -0.2) is 40.1 Å². The van der Waals surface area contributed by atoms with Crippen molar-refractivity contribution in [1.29, 1.82) is 0 Å². The van der Waals surface area contributed by atoms with Gasteiger partial charge in [-0.25, -0.2) is 9.59 Å². The molecule has 0 spiro atoms. The van der Waals surface area contributed by atoms with Crippen LogP contribution in [0.4, 0.5) is 4.79 Å². The number of esters is 1. The molecule has 3 atom stereocenters. The third kappa shape index (κ3) is 5.79. The Balaban J connectivity index is 2.26. The summed E-state index contributed by atoms with van der Waals surface area (Å²) in [5.41, 5.74) is 0.959. The largest absolute Gasteiger partial charge is 0.611 e. The quantitative estimate of drug-likeness (QED) is 0.546. The molecule has 0 radical (unpaired) electrons. The SMILES string of the molecule is COC(=O)C(C[C@@H](Cc1ccccc1)[S+]([O-])c1ccccc1)NC(=O)O. The number of rotatable bonds is 8. The normalized spacial score (nSPS) is 14.1. The minimum Gasteiger partial charge on any atom is -0.611 e. The fourth-order valence-corrected chi connectivity index (χ4v) is 4.16. The Kier molecular flexibility index (Phi) is 7.50. The first-order valence-electron chi connectivity index (χ1n) is 8.08. The number of benzene rings is 2. The second-order valence-electron chi connectivity index (χ2n) is 5.68. The van der Waals surface area contributed by atoms with Crippen molar-refractivity contribution in [2.75, 3.05) is 7.11 Å². The number of hydrogen-bond donors (Lipinski definition) is 2. The van der Waals surface area contributed by atoms with E-state index in [1.54, 1.807) is 24.3 Å². The lowest BCUT2D eigenvalue weighted by Gasteiger charge is -2.25. The summed E-state index contributed by atoms with van der Waals surface area (Å²) >= 11 is -1.42. The van der Waals surface area contributed by atoms with Gasteiger partial charge in [-0.3, -0.25) is 0 Å². The summed E-state index contributed by atoms with van der Waals surface area (Å²) in [6.45, 7) is 0. The summed E-state index contributed by atoms with van der Waals surface area (Å²) < 4.78 is 17.8. The molecule has 0 fully saturated rings. The van der Waals surface area contributed by atoms with Gasteiger partial charge in [0, 0.05) is 12.8 Å². The van der Waals surface area contributed by atoms with Gasteiger partial charge >= 0.3 is 12.1 Å². The monoisotopic (exact) mass is 375 g/mol. The first-order valence-corrected chi connectivity index (χ1v) is 9.29. The van der Waals surface area contributed by atoms with E-state index in [1.165, 1.54) is 7.11 Å². The van der Waals surface area contributed by atoms with E-state index in [0.717, 1.165) is 5.56 Å². The molecule has 1 amide bonds. The fraction of sp³-hybridized carbons (Fsp3) is 0.263. The van der Waals surface area contributed by atoms with Gasteiger partial charge in [-0.05, 0) is 28.9 Å². The molecule has 2 rings (SSSR count). The van der Waals surface area contributed by atoms with Crippen LogP contribution in [0.5, 0.6) is 0 Å². The van der Waals surface area contributed by atoms with E-state index < -0.39 is 34.5 Å². The molecule has 2 aromatic rings. The molecule has 2 aromatic carbocycles. The molecule has 6 nitrogen and oxygen atoms in total. The molecule has 0 aliphatic rings. The van der Waals surface area contributed by atoms with E-state index >= 15 is 0 Å². The molecule has 0 saturated heterocycles. The van der Waals surface area contributed by atoms with Gasteiger partial charge in [0.1, 0.15) is 11.3 Å². The maximum atomic E-state index is 13.1. The molecular formula is C19H21NO5S. The summed E-state index contributed by atoms with van der Waals surface area (Å²) in [4.78, 5) is 23.6. The number of ether oxygens (including phenoxy) is 1. The lowest BCUT2D eigenvalue weighted by Crippen LogP contribution is -2.44. The highest BCUT2D eigenvalue weighted by atomic mass is 32.2. The van der Waals surface area contributed by atoms with E-state index in [2.05, 4.69) is 10.1 Å². The minimum absolute atomic E-state index is 0.0649. The number of methoxy groups -OCH3 is 1. The zero-order valence-electron chi connectivity index (χ0n) is 14.3. The van der Waals surface area contributed by atoms with Crippen molar-refractivity contribution >= 4 is 23.2 Å². The molecule has 2 unspecified atom stereocenters. The van der Waals surface area contributed by atoms with Crippen LogP contribution >= 0.6 is 0 Å². The van der Waals surface area contributed by atoms with E-state index in [-0.39, 0.29) is 6.42 Å². The summed E-state index contributed by atoms with van der Waals surface area (Å²) in [5, 5.41) is 10.7. The standard InChI is InChI=1S/C19H21NO5S/c1-25-18(21)17(20-19(22)23)13-16(12-14-8-4-2-5-9-14)26(24)15-10-6-3-7-11-15/h2-11,16-17,20H,12-13H2,1H3,(H,22,23)/t16-,17?,26?/m1/s1. The van der Waals surface area contributed by atoms with Crippen LogP contribution in [0.3, 0.4) is 0 Å². The van der Waals surface area contributed by atoms with E-state index in [4.69, 9.17) is 5.11 Å².